The summed E-state index contributed by atoms with van der Waals surface area (Å²) < 4.78 is 12.1. The summed E-state index contributed by atoms with van der Waals surface area (Å²) >= 11 is 0. The van der Waals surface area contributed by atoms with Crippen LogP contribution >= 0.6 is 0 Å². The first-order valence-electron chi connectivity index (χ1n) is 8.50. The Kier molecular flexibility index (Phi) is 4.40. The molecule has 0 amide bonds. The van der Waals surface area contributed by atoms with Gasteiger partial charge in [0.1, 0.15) is 6.10 Å². The standard InChI is InChI=1S/C18H22N4O2/c1-5-18(14-22(10-1)12-15-3-8-19-9-4-15)11-16(13-23-18)24-17-20-6-2-7-21-17/h2-4,6-9,16H,1,5,10-14H2/t16-,18-/m0/s1. The van der Waals surface area contributed by atoms with Crippen LogP contribution in [-0.4, -0.2) is 51.3 Å². The number of hydrogen-bond donors (Lipinski definition) is 0. The Balaban J connectivity index is 1.37. The van der Waals surface area contributed by atoms with E-state index in [1.165, 1.54) is 5.56 Å². The van der Waals surface area contributed by atoms with E-state index in [1.54, 1.807) is 18.5 Å². The van der Waals surface area contributed by atoms with Gasteiger partial charge in [-0.15, -0.1) is 0 Å². The number of piperidine rings is 1. The minimum absolute atomic E-state index is 0.0354. The Hall–Kier alpha value is -2.05. The number of hydrogen-bond acceptors (Lipinski definition) is 6. The minimum Gasteiger partial charge on any atom is -0.458 e. The van der Waals surface area contributed by atoms with E-state index < -0.39 is 0 Å². The lowest BCUT2D eigenvalue weighted by Crippen LogP contribution is -2.47. The molecule has 6 nitrogen and oxygen atoms in total. The predicted octanol–water partition coefficient (Wildman–Crippen LogP) is 2.07. The fourth-order valence-corrected chi connectivity index (χ4v) is 3.73. The van der Waals surface area contributed by atoms with Gasteiger partial charge in [0.05, 0.1) is 12.2 Å². The van der Waals surface area contributed by atoms with E-state index in [9.17, 15) is 0 Å². The first kappa shape index (κ1) is 15.5. The van der Waals surface area contributed by atoms with E-state index in [1.807, 2.05) is 12.4 Å². The number of ether oxygens (including phenoxy) is 2. The summed E-state index contributed by atoms with van der Waals surface area (Å²) in [6.45, 7) is 3.62. The number of likely N-dealkylation sites (tertiary alicyclic amines) is 1. The second kappa shape index (κ2) is 6.83. The number of aromatic nitrogens is 3. The molecular formula is C18H22N4O2. The molecule has 126 valence electrons. The topological polar surface area (TPSA) is 60.4 Å². The molecule has 1 spiro atoms. The van der Waals surface area contributed by atoms with Crippen molar-refractivity contribution >= 4 is 0 Å². The Labute approximate surface area is 141 Å². The first-order valence-corrected chi connectivity index (χ1v) is 8.50. The summed E-state index contributed by atoms with van der Waals surface area (Å²) in [5, 5.41) is 0. The summed E-state index contributed by atoms with van der Waals surface area (Å²) in [5.41, 5.74) is 1.20. The van der Waals surface area contributed by atoms with Crippen molar-refractivity contribution < 1.29 is 9.47 Å². The molecule has 2 atom stereocenters. The van der Waals surface area contributed by atoms with Gasteiger partial charge in [-0.1, -0.05) is 0 Å². The maximum absolute atomic E-state index is 6.20. The molecule has 2 aliphatic rings. The van der Waals surface area contributed by atoms with Gasteiger partial charge in [0.15, 0.2) is 0 Å². The molecule has 2 aromatic rings. The first-order chi connectivity index (χ1) is 11.8. The summed E-state index contributed by atoms with van der Waals surface area (Å²) in [7, 11) is 0. The number of nitrogens with zero attached hydrogens (tertiary/aromatic N) is 4. The third-order valence-corrected chi connectivity index (χ3v) is 4.76. The van der Waals surface area contributed by atoms with Crippen LogP contribution in [0.4, 0.5) is 0 Å². The van der Waals surface area contributed by atoms with Crippen LogP contribution in [0.15, 0.2) is 43.0 Å². The number of rotatable bonds is 4. The van der Waals surface area contributed by atoms with Crippen LogP contribution in [-0.2, 0) is 11.3 Å². The van der Waals surface area contributed by atoms with Crippen LogP contribution in [0.5, 0.6) is 6.01 Å². The van der Waals surface area contributed by atoms with Gasteiger partial charge in [0, 0.05) is 44.3 Å². The highest BCUT2D eigenvalue weighted by Gasteiger charge is 2.44. The predicted molar refractivity (Wildman–Crippen MR) is 88.5 cm³/mol. The van der Waals surface area contributed by atoms with Gasteiger partial charge in [-0.2, -0.15) is 0 Å². The fraction of sp³-hybridized carbons (Fsp3) is 0.500. The van der Waals surface area contributed by atoms with Crippen LogP contribution in [0.1, 0.15) is 24.8 Å². The molecule has 0 saturated carbocycles. The monoisotopic (exact) mass is 326 g/mol. The summed E-state index contributed by atoms with van der Waals surface area (Å²) in [6, 6.07) is 6.38. The van der Waals surface area contributed by atoms with Crippen molar-refractivity contribution in [3.63, 3.8) is 0 Å². The van der Waals surface area contributed by atoms with Crippen molar-refractivity contribution in [3.05, 3.63) is 48.5 Å². The van der Waals surface area contributed by atoms with Gasteiger partial charge >= 0.3 is 6.01 Å². The molecule has 2 saturated heterocycles. The van der Waals surface area contributed by atoms with Crippen molar-refractivity contribution in [2.75, 3.05) is 19.7 Å². The summed E-state index contributed by atoms with van der Waals surface area (Å²) in [6.07, 6.45) is 10.3. The van der Waals surface area contributed by atoms with Gasteiger partial charge in [-0.3, -0.25) is 9.88 Å². The minimum atomic E-state index is -0.0925. The molecule has 2 fully saturated rings. The highest BCUT2D eigenvalue weighted by molar-refractivity contribution is 5.10. The number of pyridine rings is 1. The van der Waals surface area contributed by atoms with E-state index >= 15 is 0 Å². The van der Waals surface area contributed by atoms with Crippen molar-refractivity contribution in [2.45, 2.75) is 37.5 Å². The van der Waals surface area contributed by atoms with Gasteiger partial charge in [-0.05, 0) is 43.1 Å². The normalized spacial score (nSPS) is 27.4. The smallest absolute Gasteiger partial charge is 0.316 e. The van der Waals surface area contributed by atoms with Crippen LogP contribution in [0.3, 0.4) is 0 Å². The van der Waals surface area contributed by atoms with Crippen LogP contribution in [0.25, 0.3) is 0 Å². The molecule has 0 radical (unpaired) electrons. The molecule has 0 bridgehead atoms. The Bertz CT molecular complexity index is 655. The van der Waals surface area contributed by atoms with E-state index in [-0.39, 0.29) is 11.7 Å². The zero-order valence-electron chi connectivity index (χ0n) is 13.7. The summed E-state index contributed by atoms with van der Waals surface area (Å²) in [4.78, 5) is 14.8. The highest BCUT2D eigenvalue weighted by atomic mass is 16.6. The van der Waals surface area contributed by atoms with Gasteiger partial charge < -0.3 is 9.47 Å². The SMILES string of the molecule is c1cnc(O[C@@H]2CO[C@@]3(CCCN(Cc4ccncc4)C3)C2)nc1. The summed E-state index contributed by atoms with van der Waals surface area (Å²) in [5.74, 6) is 0. The highest BCUT2D eigenvalue weighted by Crippen LogP contribution is 2.36. The molecule has 0 N–H and O–H groups in total. The molecule has 4 heterocycles. The molecule has 2 aliphatic heterocycles. The van der Waals surface area contributed by atoms with E-state index in [0.717, 1.165) is 38.9 Å². The van der Waals surface area contributed by atoms with Gasteiger partial charge in [-0.25, -0.2) is 9.97 Å². The second-order valence-corrected chi connectivity index (χ2v) is 6.64. The molecule has 2 aromatic heterocycles. The molecule has 6 heteroatoms. The average molecular weight is 326 g/mol. The van der Waals surface area contributed by atoms with Crippen molar-refractivity contribution in [3.8, 4) is 6.01 Å². The Morgan fingerprint density at radius 3 is 2.88 bits per heavy atom. The maximum atomic E-state index is 6.20. The zero-order chi connectivity index (χ0) is 16.2. The largest absolute Gasteiger partial charge is 0.458 e. The van der Waals surface area contributed by atoms with E-state index in [2.05, 4.69) is 32.0 Å². The average Bonchev–Trinajstić information content (AvgIpc) is 2.98. The lowest BCUT2D eigenvalue weighted by atomic mass is 9.89. The Morgan fingerprint density at radius 1 is 1.21 bits per heavy atom. The van der Waals surface area contributed by atoms with Crippen LogP contribution in [0, 0.1) is 0 Å². The van der Waals surface area contributed by atoms with E-state index in [0.29, 0.717) is 12.6 Å². The van der Waals surface area contributed by atoms with Crippen molar-refractivity contribution in [2.24, 2.45) is 0 Å². The van der Waals surface area contributed by atoms with Gasteiger partial charge in [0.25, 0.3) is 0 Å². The van der Waals surface area contributed by atoms with Crippen LogP contribution in [0.2, 0.25) is 0 Å². The third-order valence-electron chi connectivity index (χ3n) is 4.76. The molecule has 4 rings (SSSR count). The van der Waals surface area contributed by atoms with Crippen molar-refractivity contribution in [1.82, 2.24) is 19.9 Å². The second-order valence-electron chi connectivity index (χ2n) is 6.64. The molecule has 0 aliphatic carbocycles. The molecule has 0 aromatic carbocycles. The zero-order valence-corrected chi connectivity index (χ0v) is 13.7. The quantitative estimate of drug-likeness (QED) is 0.857. The lowest BCUT2D eigenvalue weighted by molar-refractivity contribution is -0.0538. The van der Waals surface area contributed by atoms with E-state index in [4.69, 9.17) is 9.47 Å². The molecule has 0 unspecified atom stereocenters. The maximum Gasteiger partial charge on any atom is 0.316 e. The Morgan fingerprint density at radius 2 is 2.04 bits per heavy atom. The van der Waals surface area contributed by atoms with Crippen molar-refractivity contribution in [1.29, 1.82) is 0 Å². The fourth-order valence-electron chi connectivity index (χ4n) is 3.73. The molecular weight excluding hydrogens is 304 g/mol. The van der Waals surface area contributed by atoms with Gasteiger partial charge in [0.2, 0.25) is 0 Å². The lowest BCUT2D eigenvalue weighted by Gasteiger charge is -2.39. The van der Waals surface area contributed by atoms with Crippen LogP contribution < -0.4 is 4.74 Å². The third kappa shape index (κ3) is 3.55. The molecule has 24 heavy (non-hydrogen) atoms.